The first-order valence-corrected chi connectivity index (χ1v) is 5.67. The summed E-state index contributed by atoms with van der Waals surface area (Å²) in [5.41, 5.74) is 0. The maximum Gasteiger partial charge on any atom is 0.245 e. The van der Waals surface area contributed by atoms with Gasteiger partial charge in [0.1, 0.15) is 5.76 Å². The fourth-order valence-electron chi connectivity index (χ4n) is 1.16. The lowest BCUT2D eigenvalue weighted by molar-refractivity contribution is 0.465. The molecule has 0 aromatic carbocycles. The molecule has 0 saturated carbocycles. The van der Waals surface area contributed by atoms with E-state index in [9.17, 15) is 0 Å². The fourth-order valence-corrected chi connectivity index (χ4v) is 1.43. The Morgan fingerprint density at radius 1 is 1.35 bits per heavy atom. The van der Waals surface area contributed by atoms with Crippen LogP contribution in [0.15, 0.2) is 10.6 Å². The van der Waals surface area contributed by atoms with Crippen molar-refractivity contribution in [2.24, 2.45) is 0 Å². The molecule has 0 radical (unpaired) electrons. The van der Waals surface area contributed by atoms with Crippen LogP contribution in [0.2, 0.25) is 10.4 Å². The predicted octanol–water partition coefficient (Wildman–Crippen LogP) is 2.34. The summed E-state index contributed by atoms with van der Waals surface area (Å²) in [4.78, 5) is 7.98. The second-order valence-corrected chi connectivity index (χ2v) is 3.84. The lowest BCUT2D eigenvalue weighted by Gasteiger charge is -2.03. The zero-order valence-corrected chi connectivity index (χ0v) is 10.5. The third-order valence-electron chi connectivity index (χ3n) is 1.98. The largest absolute Gasteiger partial charge is 0.444 e. The molecule has 0 atom stereocenters. The van der Waals surface area contributed by atoms with Gasteiger partial charge in [-0.1, -0.05) is 18.5 Å². The molecule has 0 bridgehead atoms. The van der Waals surface area contributed by atoms with Crippen molar-refractivity contribution in [3.05, 3.63) is 28.3 Å². The molecule has 8 heteroatoms. The Hall–Kier alpha value is -1.40. The van der Waals surface area contributed by atoms with Crippen LogP contribution in [0.3, 0.4) is 0 Å². The number of anilines is 1. The van der Waals surface area contributed by atoms with Gasteiger partial charge in [-0.15, -0.1) is 10.2 Å². The van der Waals surface area contributed by atoms with Crippen molar-refractivity contribution in [3.8, 4) is 0 Å². The smallest absolute Gasteiger partial charge is 0.245 e. The topological polar surface area (TPSA) is 76.7 Å². The van der Waals surface area contributed by atoms with Crippen LogP contribution in [0.5, 0.6) is 0 Å². The van der Waals surface area contributed by atoms with E-state index in [0.717, 1.165) is 12.2 Å². The summed E-state index contributed by atoms with van der Waals surface area (Å²) in [7, 11) is 0. The van der Waals surface area contributed by atoms with E-state index in [1.54, 1.807) is 6.20 Å². The van der Waals surface area contributed by atoms with Crippen molar-refractivity contribution in [1.29, 1.82) is 0 Å². The average molecular weight is 274 g/mol. The molecule has 0 aliphatic rings. The Morgan fingerprint density at radius 3 is 2.88 bits per heavy atom. The summed E-state index contributed by atoms with van der Waals surface area (Å²) in [6.45, 7) is 2.34. The van der Waals surface area contributed by atoms with E-state index in [-0.39, 0.29) is 10.4 Å². The molecule has 0 amide bonds. The maximum atomic E-state index is 5.79. The van der Waals surface area contributed by atoms with Crippen molar-refractivity contribution in [2.45, 2.75) is 19.9 Å². The van der Waals surface area contributed by atoms with Gasteiger partial charge in [0.15, 0.2) is 11.0 Å². The standard InChI is InChI=1S/C9H9Cl2N5O/c1-2-5-3-12-6(17-5)4-13-8-7(10)15-16-9(11)14-8/h3H,2,4H2,1H3,(H,13,14,16). The fraction of sp³-hybridized carbons (Fsp3) is 0.333. The first-order chi connectivity index (χ1) is 8.19. The number of aromatic nitrogens is 4. The van der Waals surface area contributed by atoms with Crippen LogP contribution in [0.1, 0.15) is 18.6 Å². The van der Waals surface area contributed by atoms with E-state index >= 15 is 0 Å². The van der Waals surface area contributed by atoms with Crippen molar-refractivity contribution < 1.29 is 4.42 Å². The van der Waals surface area contributed by atoms with Gasteiger partial charge in [-0.25, -0.2) is 4.98 Å². The molecular formula is C9H9Cl2N5O. The van der Waals surface area contributed by atoms with E-state index in [2.05, 4.69) is 25.5 Å². The second kappa shape index (κ2) is 5.29. The van der Waals surface area contributed by atoms with E-state index < -0.39 is 0 Å². The van der Waals surface area contributed by atoms with Crippen LogP contribution in [0.25, 0.3) is 0 Å². The molecule has 0 saturated heterocycles. The van der Waals surface area contributed by atoms with Crippen LogP contribution >= 0.6 is 23.2 Å². The number of nitrogens with zero attached hydrogens (tertiary/aromatic N) is 4. The van der Waals surface area contributed by atoms with Crippen LogP contribution < -0.4 is 5.32 Å². The van der Waals surface area contributed by atoms with E-state index in [0.29, 0.717) is 18.3 Å². The van der Waals surface area contributed by atoms with Crippen LogP contribution in [0.4, 0.5) is 5.82 Å². The quantitative estimate of drug-likeness (QED) is 0.922. The number of oxazole rings is 1. The molecule has 2 rings (SSSR count). The first-order valence-electron chi connectivity index (χ1n) is 4.92. The third-order valence-corrected chi connectivity index (χ3v) is 2.39. The molecule has 0 unspecified atom stereocenters. The zero-order valence-electron chi connectivity index (χ0n) is 8.94. The number of aryl methyl sites for hydroxylation is 1. The molecule has 6 nitrogen and oxygen atoms in total. The molecule has 17 heavy (non-hydrogen) atoms. The van der Waals surface area contributed by atoms with E-state index in [4.69, 9.17) is 27.6 Å². The number of hydrogen-bond donors (Lipinski definition) is 1. The molecule has 2 aromatic heterocycles. The minimum absolute atomic E-state index is 0.0264. The molecular weight excluding hydrogens is 265 g/mol. The third kappa shape index (κ3) is 3.04. The van der Waals surface area contributed by atoms with Crippen molar-refractivity contribution >= 4 is 29.0 Å². The molecule has 2 aromatic rings. The highest BCUT2D eigenvalue weighted by Crippen LogP contribution is 2.17. The molecule has 0 fully saturated rings. The van der Waals surface area contributed by atoms with Crippen LogP contribution in [-0.4, -0.2) is 20.2 Å². The minimum Gasteiger partial charge on any atom is -0.444 e. The predicted molar refractivity (Wildman–Crippen MR) is 63.1 cm³/mol. The van der Waals surface area contributed by atoms with Crippen molar-refractivity contribution in [1.82, 2.24) is 20.2 Å². The number of rotatable bonds is 4. The number of halogens is 2. The Labute approximate surface area is 107 Å². The van der Waals surface area contributed by atoms with Crippen molar-refractivity contribution in [3.63, 3.8) is 0 Å². The van der Waals surface area contributed by atoms with Gasteiger partial charge in [0.2, 0.25) is 11.2 Å². The summed E-state index contributed by atoms with van der Waals surface area (Å²) in [6.07, 6.45) is 2.48. The Balaban J connectivity index is 2.04. The number of hydrogen-bond acceptors (Lipinski definition) is 6. The Morgan fingerprint density at radius 2 is 2.18 bits per heavy atom. The highest BCUT2D eigenvalue weighted by Gasteiger charge is 2.07. The van der Waals surface area contributed by atoms with Gasteiger partial charge < -0.3 is 9.73 Å². The molecule has 1 N–H and O–H groups in total. The normalized spacial score (nSPS) is 10.5. The molecule has 0 spiro atoms. The first kappa shape index (κ1) is 12.1. The highest BCUT2D eigenvalue weighted by atomic mass is 35.5. The van der Waals surface area contributed by atoms with Crippen LogP contribution in [-0.2, 0) is 13.0 Å². The molecule has 0 aliphatic carbocycles. The van der Waals surface area contributed by atoms with Gasteiger partial charge in [0.25, 0.3) is 0 Å². The number of nitrogens with one attached hydrogen (secondary N) is 1. The van der Waals surface area contributed by atoms with Crippen LogP contribution in [0, 0.1) is 0 Å². The molecule has 2 heterocycles. The monoisotopic (exact) mass is 273 g/mol. The van der Waals surface area contributed by atoms with Gasteiger partial charge in [-0.3, -0.25) is 0 Å². The second-order valence-electron chi connectivity index (χ2n) is 3.15. The zero-order chi connectivity index (χ0) is 12.3. The van der Waals surface area contributed by atoms with Gasteiger partial charge in [-0.05, 0) is 11.6 Å². The molecule has 90 valence electrons. The summed E-state index contributed by atoms with van der Waals surface area (Å²) < 4.78 is 5.41. The maximum absolute atomic E-state index is 5.79. The van der Waals surface area contributed by atoms with E-state index in [1.165, 1.54) is 0 Å². The van der Waals surface area contributed by atoms with Crippen molar-refractivity contribution in [2.75, 3.05) is 5.32 Å². The lowest BCUT2D eigenvalue weighted by Crippen LogP contribution is -2.04. The van der Waals surface area contributed by atoms with Gasteiger partial charge in [0, 0.05) is 6.42 Å². The molecule has 0 aliphatic heterocycles. The Bertz CT molecular complexity index is 516. The lowest BCUT2D eigenvalue weighted by atomic mass is 10.4. The SMILES string of the molecule is CCc1cnc(CNc2nc(Cl)nnc2Cl)o1. The average Bonchev–Trinajstić information content (AvgIpc) is 2.78. The Kier molecular flexibility index (Phi) is 3.75. The summed E-state index contributed by atoms with van der Waals surface area (Å²) in [6, 6.07) is 0. The van der Waals surface area contributed by atoms with Gasteiger partial charge in [0.05, 0.1) is 12.7 Å². The summed E-state index contributed by atoms with van der Waals surface area (Å²) >= 11 is 11.4. The summed E-state index contributed by atoms with van der Waals surface area (Å²) in [5, 5.41) is 10.2. The minimum atomic E-state index is 0.0264. The van der Waals surface area contributed by atoms with Gasteiger partial charge in [-0.2, -0.15) is 4.98 Å². The van der Waals surface area contributed by atoms with E-state index in [1.807, 2.05) is 6.92 Å². The summed E-state index contributed by atoms with van der Waals surface area (Å²) in [5.74, 6) is 1.72. The van der Waals surface area contributed by atoms with Gasteiger partial charge >= 0.3 is 0 Å². The highest BCUT2D eigenvalue weighted by molar-refractivity contribution is 6.32.